The van der Waals surface area contributed by atoms with Crippen molar-refractivity contribution in [3.63, 3.8) is 0 Å². The van der Waals surface area contributed by atoms with Gasteiger partial charge in [-0.15, -0.1) is 0 Å². The van der Waals surface area contributed by atoms with E-state index in [1.807, 2.05) is 19.4 Å². The van der Waals surface area contributed by atoms with Crippen LogP contribution in [0.5, 0.6) is 0 Å². The molecule has 2 nitrogen and oxygen atoms in total. The first-order chi connectivity index (χ1) is 5.34. The van der Waals surface area contributed by atoms with Crippen LogP contribution < -0.4 is 0 Å². The highest BCUT2D eigenvalue weighted by atomic mass is 15.0. The number of nitrogens with zero attached hydrogens (tertiary/aromatic N) is 2. The number of hydrogen-bond acceptors (Lipinski definition) is 1. The molecule has 2 heteroatoms. The third-order valence-corrected chi connectivity index (χ3v) is 1.92. The van der Waals surface area contributed by atoms with Gasteiger partial charge in [0.05, 0.1) is 0 Å². The largest absolute Gasteiger partial charge is 0.338 e. The Bertz CT molecular complexity index is 203. The fourth-order valence-corrected chi connectivity index (χ4v) is 1.17. The van der Waals surface area contributed by atoms with Gasteiger partial charge in [0.25, 0.3) is 0 Å². The van der Waals surface area contributed by atoms with E-state index in [0.717, 1.165) is 6.42 Å². The maximum absolute atomic E-state index is 4.25. The molecule has 62 valence electrons. The normalized spacial score (nSPS) is 10.4. The number of unbranched alkanes of at least 4 members (excludes halogenated alkanes) is 2. The van der Waals surface area contributed by atoms with E-state index in [9.17, 15) is 0 Å². The van der Waals surface area contributed by atoms with Gasteiger partial charge < -0.3 is 4.57 Å². The molecule has 1 rings (SSSR count). The minimum absolute atomic E-state index is 1.12. The molecule has 0 aliphatic rings. The van der Waals surface area contributed by atoms with Crippen molar-refractivity contribution in [3.8, 4) is 0 Å². The Morgan fingerprint density at radius 3 is 2.82 bits per heavy atom. The first-order valence-corrected chi connectivity index (χ1v) is 4.30. The zero-order valence-corrected chi connectivity index (χ0v) is 7.38. The Kier molecular flexibility index (Phi) is 3.14. The van der Waals surface area contributed by atoms with Crippen LogP contribution in [0.3, 0.4) is 0 Å². The van der Waals surface area contributed by atoms with Crippen LogP contribution in [0, 0.1) is 0 Å². The molecular weight excluding hydrogens is 136 g/mol. The molecule has 11 heavy (non-hydrogen) atoms. The Hall–Kier alpha value is -0.790. The van der Waals surface area contributed by atoms with Gasteiger partial charge in [0.2, 0.25) is 0 Å². The topological polar surface area (TPSA) is 17.8 Å². The van der Waals surface area contributed by atoms with E-state index in [4.69, 9.17) is 0 Å². The number of aromatic nitrogens is 2. The van der Waals surface area contributed by atoms with E-state index in [-0.39, 0.29) is 0 Å². The zero-order valence-electron chi connectivity index (χ0n) is 7.38. The van der Waals surface area contributed by atoms with Crippen LogP contribution in [0.15, 0.2) is 12.4 Å². The van der Waals surface area contributed by atoms with Crippen LogP contribution in [0.25, 0.3) is 0 Å². The van der Waals surface area contributed by atoms with E-state index in [0.29, 0.717) is 0 Å². The lowest BCUT2D eigenvalue weighted by Gasteiger charge is -1.99. The molecule has 1 aromatic rings. The fraction of sp³-hybridized carbons (Fsp3) is 0.667. The predicted molar refractivity (Wildman–Crippen MR) is 46.4 cm³/mol. The Balaban J connectivity index is 2.32. The third kappa shape index (κ3) is 2.37. The van der Waals surface area contributed by atoms with E-state index < -0.39 is 0 Å². The molecule has 0 bridgehead atoms. The van der Waals surface area contributed by atoms with Crippen molar-refractivity contribution in [3.05, 3.63) is 18.2 Å². The number of imidazole rings is 1. The van der Waals surface area contributed by atoms with Gasteiger partial charge >= 0.3 is 0 Å². The zero-order chi connectivity index (χ0) is 8.10. The number of hydrogen-bond donors (Lipinski definition) is 0. The van der Waals surface area contributed by atoms with Crippen LogP contribution in [-0.2, 0) is 13.5 Å². The minimum atomic E-state index is 1.12. The van der Waals surface area contributed by atoms with Crippen LogP contribution in [0.2, 0.25) is 0 Å². The Labute approximate surface area is 68.3 Å². The quantitative estimate of drug-likeness (QED) is 0.604. The van der Waals surface area contributed by atoms with Gasteiger partial charge in [-0.25, -0.2) is 4.98 Å². The molecule has 0 aliphatic heterocycles. The van der Waals surface area contributed by atoms with E-state index in [1.165, 1.54) is 25.1 Å². The Morgan fingerprint density at radius 2 is 2.27 bits per heavy atom. The molecular formula is C9H16N2. The van der Waals surface area contributed by atoms with Crippen LogP contribution >= 0.6 is 0 Å². The summed E-state index contributed by atoms with van der Waals surface area (Å²) in [6.45, 7) is 2.22. The molecule has 1 heterocycles. The highest BCUT2D eigenvalue weighted by Crippen LogP contribution is 2.02. The van der Waals surface area contributed by atoms with Crippen LogP contribution in [-0.4, -0.2) is 9.55 Å². The molecule has 0 saturated heterocycles. The van der Waals surface area contributed by atoms with Gasteiger partial charge in [-0.1, -0.05) is 19.8 Å². The highest BCUT2D eigenvalue weighted by molar-refractivity contribution is 4.90. The van der Waals surface area contributed by atoms with Gasteiger partial charge in [0.15, 0.2) is 0 Å². The third-order valence-electron chi connectivity index (χ3n) is 1.92. The molecule has 0 radical (unpaired) electrons. The van der Waals surface area contributed by atoms with Crippen LogP contribution in [0.4, 0.5) is 0 Å². The summed E-state index contributed by atoms with van der Waals surface area (Å²) in [5.41, 5.74) is 0. The molecule has 0 N–H and O–H groups in total. The molecule has 0 aromatic carbocycles. The van der Waals surface area contributed by atoms with Gasteiger partial charge in [0.1, 0.15) is 5.82 Å². The van der Waals surface area contributed by atoms with Crippen molar-refractivity contribution in [2.24, 2.45) is 7.05 Å². The lowest BCUT2D eigenvalue weighted by molar-refractivity contribution is 0.671. The fourth-order valence-electron chi connectivity index (χ4n) is 1.17. The van der Waals surface area contributed by atoms with Crippen molar-refractivity contribution in [1.82, 2.24) is 9.55 Å². The summed E-state index contributed by atoms with van der Waals surface area (Å²) < 4.78 is 2.09. The molecule has 0 aliphatic carbocycles. The first-order valence-electron chi connectivity index (χ1n) is 4.30. The maximum Gasteiger partial charge on any atom is 0.108 e. The second kappa shape index (κ2) is 4.16. The second-order valence-corrected chi connectivity index (χ2v) is 2.91. The van der Waals surface area contributed by atoms with Crippen molar-refractivity contribution in [2.45, 2.75) is 32.6 Å². The summed E-state index contributed by atoms with van der Waals surface area (Å²) >= 11 is 0. The lowest BCUT2D eigenvalue weighted by Crippen LogP contribution is -1.96. The molecule has 0 fully saturated rings. The smallest absolute Gasteiger partial charge is 0.108 e. The van der Waals surface area contributed by atoms with Crippen molar-refractivity contribution in [1.29, 1.82) is 0 Å². The molecule has 0 atom stereocenters. The summed E-state index contributed by atoms with van der Waals surface area (Å²) in [6.07, 6.45) is 8.85. The van der Waals surface area contributed by atoms with E-state index in [2.05, 4.69) is 16.5 Å². The molecule has 0 unspecified atom stereocenters. The van der Waals surface area contributed by atoms with Crippen molar-refractivity contribution >= 4 is 0 Å². The molecule has 0 spiro atoms. The van der Waals surface area contributed by atoms with Gasteiger partial charge in [-0.3, -0.25) is 0 Å². The lowest BCUT2D eigenvalue weighted by atomic mass is 10.2. The summed E-state index contributed by atoms with van der Waals surface area (Å²) in [5, 5.41) is 0. The van der Waals surface area contributed by atoms with Crippen molar-refractivity contribution < 1.29 is 0 Å². The number of aryl methyl sites for hydroxylation is 2. The summed E-state index contributed by atoms with van der Waals surface area (Å²) in [5.74, 6) is 1.21. The molecule has 0 amide bonds. The summed E-state index contributed by atoms with van der Waals surface area (Å²) in [4.78, 5) is 4.25. The highest BCUT2D eigenvalue weighted by Gasteiger charge is 1.96. The van der Waals surface area contributed by atoms with Gasteiger partial charge in [0, 0.05) is 25.9 Å². The molecule has 0 saturated carbocycles. The summed E-state index contributed by atoms with van der Waals surface area (Å²) in [6, 6.07) is 0. The standard InChI is InChI=1S/C9H16N2/c1-3-4-5-6-9-10-7-8-11(9)2/h7-8H,3-6H2,1-2H3. The maximum atomic E-state index is 4.25. The van der Waals surface area contributed by atoms with Crippen molar-refractivity contribution in [2.75, 3.05) is 0 Å². The summed E-state index contributed by atoms with van der Waals surface area (Å²) in [7, 11) is 2.05. The van der Waals surface area contributed by atoms with E-state index >= 15 is 0 Å². The molecule has 1 aromatic heterocycles. The number of rotatable bonds is 4. The minimum Gasteiger partial charge on any atom is -0.338 e. The van der Waals surface area contributed by atoms with E-state index in [1.54, 1.807) is 0 Å². The van der Waals surface area contributed by atoms with Crippen LogP contribution in [0.1, 0.15) is 32.0 Å². The average molecular weight is 152 g/mol. The SMILES string of the molecule is CCCCCc1nccn1C. The predicted octanol–water partition coefficient (Wildman–Crippen LogP) is 2.15. The monoisotopic (exact) mass is 152 g/mol. The van der Waals surface area contributed by atoms with Gasteiger partial charge in [-0.05, 0) is 6.42 Å². The van der Waals surface area contributed by atoms with Gasteiger partial charge in [-0.2, -0.15) is 0 Å². The average Bonchev–Trinajstić information content (AvgIpc) is 2.37. The second-order valence-electron chi connectivity index (χ2n) is 2.91. The first kappa shape index (κ1) is 8.31. The Morgan fingerprint density at radius 1 is 1.45 bits per heavy atom.